The fraction of sp³-hybridized carbons (Fsp3) is 0.0400. The van der Waals surface area contributed by atoms with E-state index >= 15 is 0 Å². The molecular weight excluding hydrogens is 419 g/mol. The van der Waals surface area contributed by atoms with Gasteiger partial charge in [-0.25, -0.2) is 0 Å². The normalized spacial score (nSPS) is 11.3. The third-order valence-electron chi connectivity index (χ3n) is 5.06. The summed E-state index contributed by atoms with van der Waals surface area (Å²) >= 11 is 11.8. The lowest BCUT2D eigenvalue weighted by atomic mass is 10.1. The molecule has 0 amide bonds. The second-order valence-electron chi connectivity index (χ2n) is 7.09. The Morgan fingerprint density at radius 3 is 1.77 bits per heavy atom. The Kier molecular flexibility index (Phi) is 4.58. The molecule has 0 radical (unpaired) electrons. The summed E-state index contributed by atoms with van der Waals surface area (Å²) in [5, 5.41) is 14.9. The van der Waals surface area contributed by atoms with E-state index in [1.165, 1.54) is 6.07 Å². The molecular formula is C25H16Cl2O3. The molecule has 6 rings (SSSR count). The monoisotopic (exact) mass is 434 g/mol. The van der Waals surface area contributed by atoms with Crippen molar-refractivity contribution in [2.24, 2.45) is 0 Å². The number of phenolic OH excluding ortho intramolecular Hbond substituents is 1. The Morgan fingerprint density at radius 2 is 1.13 bits per heavy atom. The Balaban J connectivity index is 0.000000128. The number of hydrogen-bond acceptors (Lipinski definition) is 3. The number of halogens is 2. The Bertz CT molecular complexity index is 1430. The van der Waals surface area contributed by atoms with Gasteiger partial charge in [-0.3, -0.25) is 0 Å². The van der Waals surface area contributed by atoms with Crippen LogP contribution in [0.15, 0.2) is 81.6 Å². The molecule has 2 heterocycles. The van der Waals surface area contributed by atoms with Crippen molar-refractivity contribution in [2.75, 3.05) is 0 Å². The van der Waals surface area contributed by atoms with Gasteiger partial charge in [-0.05, 0) is 36.8 Å². The molecule has 0 spiro atoms. The highest BCUT2D eigenvalue weighted by Crippen LogP contribution is 2.37. The van der Waals surface area contributed by atoms with Crippen molar-refractivity contribution < 1.29 is 13.9 Å². The van der Waals surface area contributed by atoms with Gasteiger partial charge in [0.05, 0.1) is 5.39 Å². The minimum Gasteiger partial charge on any atom is -0.507 e. The molecule has 0 fully saturated rings. The van der Waals surface area contributed by atoms with E-state index in [2.05, 4.69) is 13.0 Å². The molecule has 0 saturated carbocycles. The van der Waals surface area contributed by atoms with Crippen LogP contribution < -0.4 is 0 Å². The van der Waals surface area contributed by atoms with Crippen LogP contribution in [0.25, 0.3) is 43.9 Å². The standard InChI is InChI=1S/C13H9ClO.C12H7ClO2/c1-8-6-9(14)7-12-13(8)10-4-2-3-5-11(10)15-12;13-7-5-9(14)12-8-3-1-2-4-10(8)15-11(12)6-7/h2-7H,1H3;1-6,14H. The quantitative estimate of drug-likeness (QED) is 0.260. The number of para-hydroxylation sites is 2. The molecule has 0 saturated heterocycles. The second kappa shape index (κ2) is 7.28. The van der Waals surface area contributed by atoms with E-state index in [4.69, 9.17) is 32.0 Å². The minimum atomic E-state index is 0.155. The predicted molar refractivity (Wildman–Crippen MR) is 124 cm³/mol. The number of hydrogen-bond donors (Lipinski definition) is 1. The SMILES string of the molecule is Cc1cc(Cl)cc2oc3ccccc3c12.Oc1cc(Cl)cc2oc3ccccc3c12. The van der Waals surface area contributed by atoms with E-state index in [9.17, 15) is 5.11 Å². The lowest BCUT2D eigenvalue weighted by Crippen LogP contribution is -1.74. The third kappa shape index (κ3) is 3.17. The first-order valence-corrected chi connectivity index (χ1v) is 10.1. The molecule has 3 nitrogen and oxygen atoms in total. The van der Waals surface area contributed by atoms with Crippen molar-refractivity contribution in [2.45, 2.75) is 6.92 Å². The number of rotatable bonds is 0. The van der Waals surface area contributed by atoms with Gasteiger partial charge in [0.25, 0.3) is 0 Å². The van der Waals surface area contributed by atoms with Crippen LogP contribution in [0.4, 0.5) is 0 Å². The zero-order chi connectivity index (χ0) is 20.8. The fourth-order valence-corrected chi connectivity index (χ4v) is 4.28. The molecule has 0 bridgehead atoms. The van der Waals surface area contributed by atoms with Crippen LogP contribution in [0, 0.1) is 6.92 Å². The van der Waals surface area contributed by atoms with Gasteiger partial charge < -0.3 is 13.9 Å². The number of fused-ring (bicyclic) bond motifs is 6. The molecule has 1 N–H and O–H groups in total. The fourth-order valence-electron chi connectivity index (χ4n) is 3.82. The molecule has 30 heavy (non-hydrogen) atoms. The molecule has 0 aliphatic heterocycles. The Labute approximate surface area is 182 Å². The smallest absolute Gasteiger partial charge is 0.140 e. The molecule has 6 aromatic rings. The average Bonchev–Trinajstić information content (AvgIpc) is 3.25. The van der Waals surface area contributed by atoms with Crippen LogP contribution in [0.3, 0.4) is 0 Å². The maximum absolute atomic E-state index is 9.79. The summed E-state index contributed by atoms with van der Waals surface area (Å²) in [7, 11) is 0. The highest BCUT2D eigenvalue weighted by atomic mass is 35.5. The van der Waals surface area contributed by atoms with E-state index in [-0.39, 0.29) is 5.75 Å². The topological polar surface area (TPSA) is 46.5 Å². The van der Waals surface area contributed by atoms with E-state index in [1.54, 1.807) is 6.07 Å². The zero-order valence-electron chi connectivity index (χ0n) is 15.9. The van der Waals surface area contributed by atoms with Crippen LogP contribution in [-0.2, 0) is 0 Å². The molecule has 0 aliphatic rings. The van der Waals surface area contributed by atoms with Crippen LogP contribution in [-0.4, -0.2) is 5.11 Å². The number of phenols is 1. The minimum absolute atomic E-state index is 0.155. The summed E-state index contributed by atoms with van der Waals surface area (Å²) < 4.78 is 11.3. The van der Waals surface area contributed by atoms with Crippen LogP contribution in [0.5, 0.6) is 5.75 Å². The van der Waals surface area contributed by atoms with Crippen LogP contribution >= 0.6 is 23.2 Å². The first kappa shape index (κ1) is 18.9. The number of furan rings is 2. The second-order valence-corrected chi connectivity index (χ2v) is 7.96. The van der Waals surface area contributed by atoms with Crippen LogP contribution in [0.1, 0.15) is 5.56 Å². The lowest BCUT2D eigenvalue weighted by molar-refractivity contribution is 0.481. The summed E-state index contributed by atoms with van der Waals surface area (Å²) in [6, 6.07) is 22.7. The highest BCUT2D eigenvalue weighted by molar-refractivity contribution is 6.32. The lowest BCUT2D eigenvalue weighted by Gasteiger charge is -1.96. The van der Waals surface area contributed by atoms with E-state index in [0.717, 1.165) is 48.9 Å². The first-order chi connectivity index (χ1) is 14.5. The van der Waals surface area contributed by atoms with Crippen LogP contribution in [0.2, 0.25) is 10.0 Å². The first-order valence-electron chi connectivity index (χ1n) is 9.38. The molecule has 4 aromatic carbocycles. The van der Waals surface area contributed by atoms with Crippen molar-refractivity contribution in [3.05, 3.63) is 88.4 Å². The summed E-state index contributed by atoms with van der Waals surface area (Å²) in [5.74, 6) is 0.155. The van der Waals surface area contributed by atoms with Crippen molar-refractivity contribution in [3.63, 3.8) is 0 Å². The Hall–Kier alpha value is -3.14. The number of aromatic hydroxyl groups is 1. The van der Waals surface area contributed by atoms with Crippen molar-refractivity contribution in [1.29, 1.82) is 0 Å². The van der Waals surface area contributed by atoms with E-state index in [0.29, 0.717) is 10.6 Å². The summed E-state index contributed by atoms with van der Waals surface area (Å²) in [4.78, 5) is 0. The van der Waals surface area contributed by atoms with Crippen molar-refractivity contribution >= 4 is 67.1 Å². The highest BCUT2D eigenvalue weighted by Gasteiger charge is 2.11. The third-order valence-corrected chi connectivity index (χ3v) is 5.50. The van der Waals surface area contributed by atoms with E-state index in [1.807, 2.05) is 54.6 Å². The van der Waals surface area contributed by atoms with Gasteiger partial charge in [-0.2, -0.15) is 0 Å². The Morgan fingerprint density at radius 1 is 0.633 bits per heavy atom. The summed E-state index contributed by atoms with van der Waals surface area (Å²) in [6.07, 6.45) is 0. The van der Waals surface area contributed by atoms with Gasteiger partial charge in [0.1, 0.15) is 28.1 Å². The summed E-state index contributed by atoms with van der Waals surface area (Å²) in [6.45, 7) is 2.05. The molecule has 5 heteroatoms. The van der Waals surface area contributed by atoms with Gasteiger partial charge in [-0.1, -0.05) is 59.6 Å². The largest absolute Gasteiger partial charge is 0.507 e. The van der Waals surface area contributed by atoms with Gasteiger partial charge >= 0.3 is 0 Å². The zero-order valence-corrected chi connectivity index (χ0v) is 17.5. The van der Waals surface area contributed by atoms with E-state index < -0.39 is 0 Å². The number of benzene rings is 4. The van der Waals surface area contributed by atoms with Gasteiger partial charge in [0, 0.05) is 38.3 Å². The van der Waals surface area contributed by atoms with Crippen molar-refractivity contribution in [1.82, 2.24) is 0 Å². The molecule has 0 unspecified atom stereocenters. The molecule has 148 valence electrons. The van der Waals surface area contributed by atoms with Crippen molar-refractivity contribution in [3.8, 4) is 5.75 Å². The summed E-state index contributed by atoms with van der Waals surface area (Å²) in [5.41, 5.74) is 4.30. The predicted octanol–water partition coefficient (Wildman–Crippen LogP) is 8.49. The van der Waals surface area contributed by atoms with Gasteiger partial charge in [-0.15, -0.1) is 0 Å². The number of aryl methyl sites for hydroxylation is 1. The average molecular weight is 435 g/mol. The molecule has 2 aromatic heterocycles. The maximum atomic E-state index is 9.79. The maximum Gasteiger partial charge on any atom is 0.140 e. The molecule has 0 atom stereocenters. The van der Waals surface area contributed by atoms with Gasteiger partial charge in [0.2, 0.25) is 0 Å². The van der Waals surface area contributed by atoms with Gasteiger partial charge in [0.15, 0.2) is 0 Å². The molecule has 0 aliphatic carbocycles.